The molecule has 158 valence electrons. The van der Waals surface area contributed by atoms with Gasteiger partial charge in [0.1, 0.15) is 11.6 Å². The van der Waals surface area contributed by atoms with Gasteiger partial charge in [-0.3, -0.25) is 0 Å². The predicted octanol–water partition coefficient (Wildman–Crippen LogP) is 7.85. The number of benzene rings is 1. The average Bonchev–Trinajstić information content (AvgIpc) is 2.73. The molecule has 0 radical (unpaired) electrons. The van der Waals surface area contributed by atoms with E-state index < -0.39 is 11.6 Å². The summed E-state index contributed by atoms with van der Waals surface area (Å²) in [5, 5.41) is 0. The molecule has 2 fully saturated rings. The van der Waals surface area contributed by atoms with E-state index in [4.69, 9.17) is 0 Å². The van der Waals surface area contributed by atoms with Crippen molar-refractivity contribution in [1.29, 1.82) is 0 Å². The van der Waals surface area contributed by atoms with Gasteiger partial charge in [-0.05, 0) is 93.2 Å². The van der Waals surface area contributed by atoms with Crippen molar-refractivity contribution in [1.82, 2.24) is 0 Å². The first kappa shape index (κ1) is 22.1. The molecule has 2 aliphatic carbocycles. The van der Waals surface area contributed by atoms with Crippen LogP contribution in [0.3, 0.4) is 0 Å². The van der Waals surface area contributed by atoms with E-state index in [0.717, 1.165) is 37.0 Å². The third-order valence-electron chi connectivity index (χ3n) is 7.10. The number of halogens is 2. The lowest BCUT2D eigenvalue weighted by atomic mass is 9.76. The summed E-state index contributed by atoms with van der Waals surface area (Å²) in [7, 11) is 0. The van der Waals surface area contributed by atoms with Crippen LogP contribution in [0.4, 0.5) is 8.78 Å². The molecule has 0 amide bonds. The van der Waals surface area contributed by atoms with Crippen molar-refractivity contribution >= 4 is 0 Å². The summed E-state index contributed by atoms with van der Waals surface area (Å²) in [5.74, 6) is 7.71. The summed E-state index contributed by atoms with van der Waals surface area (Å²) >= 11 is 0. The molecule has 2 saturated carbocycles. The lowest BCUT2D eigenvalue weighted by Gasteiger charge is -2.30. The molecular weight excluding hydrogens is 362 g/mol. The van der Waals surface area contributed by atoms with E-state index in [-0.39, 0.29) is 11.5 Å². The van der Waals surface area contributed by atoms with E-state index in [1.165, 1.54) is 63.5 Å². The van der Waals surface area contributed by atoms with Crippen LogP contribution in [-0.4, -0.2) is 0 Å². The molecular formula is C27H36F2. The minimum atomic E-state index is -0.513. The SMILES string of the molecule is C=CC1CCC(CCC2CCC(C#Cc3c(F)cc(CCC)cc3F)CC2)CC1. The minimum absolute atomic E-state index is 0.0536. The molecule has 0 unspecified atom stereocenters. The number of hydrogen-bond donors (Lipinski definition) is 0. The van der Waals surface area contributed by atoms with E-state index in [1.54, 1.807) is 0 Å². The highest BCUT2D eigenvalue weighted by atomic mass is 19.1. The maximum absolute atomic E-state index is 14.2. The molecule has 0 saturated heterocycles. The summed E-state index contributed by atoms with van der Waals surface area (Å²) in [6.07, 6.45) is 16.3. The topological polar surface area (TPSA) is 0 Å². The zero-order valence-corrected chi connectivity index (χ0v) is 18.0. The Hall–Kier alpha value is -1.62. The Morgan fingerprint density at radius 2 is 1.48 bits per heavy atom. The Balaban J connectivity index is 1.44. The van der Waals surface area contributed by atoms with Gasteiger partial charge in [-0.15, -0.1) is 6.58 Å². The van der Waals surface area contributed by atoms with Crippen LogP contribution in [0.1, 0.15) is 88.7 Å². The van der Waals surface area contributed by atoms with Crippen molar-refractivity contribution in [2.45, 2.75) is 84.0 Å². The summed E-state index contributed by atoms with van der Waals surface area (Å²) in [4.78, 5) is 0. The highest BCUT2D eigenvalue weighted by Crippen LogP contribution is 2.36. The number of aryl methyl sites for hydroxylation is 1. The summed E-state index contributed by atoms with van der Waals surface area (Å²) in [6.45, 7) is 5.95. The van der Waals surface area contributed by atoms with E-state index in [9.17, 15) is 8.78 Å². The zero-order valence-electron chi connectivity index (χ0n) is 18.0. The van der Waals surface area contributed by atoms with Gasteiger partial charge in [-0.2, -0.15) is 0 Å². The van der Waals surface area contributed by atoms with Crippen molar-refractivity contribution < 1.29 is 8.78 Å². The van der Waals surface area contributed by atoms with Gasteiger partial charge in [0.25, 0.3) is 0 Å². The maximum Gasteiger partial charge on any atom is 0.142 e. The highest BCUT2D eigenvalue weighted by molar-refractivity contribution is 5.39. The second-order valence-corrected chi connectivity index (χ2v) is 9.27. The van der Waals surface area contributed by atoms with Crippen LogP contribution >= 0.6 is 0 Å². The summed E-state index contributed by atoms with van der Waals surface area (Å²) in [6, 6.07) is 2.88. The van der Waals surface area contributed by atoms with Crippen LogP contribution in [0.15, 0.2) is 24.8 Å². The molecule has 0 spiro atoms. The minimum Gasteiger partial charge on any atom is -0.206 e. The Bertz CT molecular complexity index is 700. The lowest BCUT2D eigenvalue weighted by molar-refractivity contribution is 0.243. The largest absolute Gasteiger partial charge is 0.206 e. The molecule has 0 atom stereocenters. The lowest BCUT2D eigenvalue weighted by Crippen LogP contribution is -2.17. The Morgan fingerprint density at radius 3 is 2.00 bits per heavy atom. The molecule has 2 heteroatoms. The summed E-state index contributed by atoms with van der Waals surface area (Å²) in [5.41, 5.74) is 0.661. The number of hydrogen-bond acceptors (Lipinski definition) is 0. The van der Waals surface area contributed by atoms with Crippen LogP contribution in [0.2, 0.25) is 0 Å². The molecule has 0 bridgehead atoms. The summed E-state index contributed by atoms with van der Waals surface area (Å²) < 4.78 is 28.5. The smallest absolute Gasteiger partial charge is 0.142 e. The Labute approximate surface area is 176 Å². The van der Waals surface area contributed by atoms with Gasteiger partial charge in [-0.1, -0.05) is 44.1 Å². The molecule has 2 aliphatic rings. The van der Waals surface area contributed by atoms with Crippen LogP contribution in [0.25, 0.3) is 0 Å². The fourth-order valence-corrected chi connectivity index (χ4v) is 5.13. The van der Waals surface area contributed by atoms with Gasteiger partial charge in [0.2, 0.25) is 0 Å². The molecule has 1 aromatic rings. The molecule has 0 nitrogen and oxygen atoms in total. The molecule has 3 rings (SSSR count). The molecule has 0 heterocycles. The Kier molecular flexibility index (Phi) is 8.34. The number of rotatable bonds is 6. The van der Waals surface area contributed by atoms with E-state index >= 15 is 0 Å². The van der Waals surface area contributed by atoms with Crippen molar-refractivity contribution in [2.75, 3.05) is 0 Å². The fraction of sp³-hybridized carbons (Fsp3) is 0.630. The maximum atomic E-state index is 14.2. The molecule has 0 aliphatic heterocycles. The quantitative estimate of drug-likeness (QED) is 0.338. The molecule has 29 heavy (non-hydrogen) atoms. The number of allylic oxidation sites excluding steroid dienone is 1. The predicted molar refractivity (Wildman–Crippen MR) is 118 cm³/mol. The van der Waals surface area contributed by atoms with Gasteiger partial charge in [0.15, 0.2) is 0 Å². The van der Waals surface area contributed by atoms with Crippen molar-refractivity contribution in [3.63, 3.8) is 0 Å². The van der Waals surface area contributed by atoms with Gasteiger partial charge in [0.05, 0.1) is 5.56 Å². The molecule has 0 N–H and O–H groups in total. The van der Waals surface area contributed by atoms with Crippen molar-refractivity contribution in [3.8, 4) is 11.8 Å². The van der Waals surface area contributed by atoms with Gasteiger partial charge in [0, 0.05) is 5.92 Å². The first-order valence-electron chi connectivity index (χ1n) is 11.7. The van der Waals surface area contributed by atoms with Crippen LogP contribution in [0.5, 0.6) is 0 Å². The second-order valence-electron chi connectivity index (χ2n) is 9.27. The van der Waals surface area contributed by atoms with E-state index in [0.29, 0.717) is 12.0 Å². The second kappa shape index (κ2) is 11.0. The zero-order chi connectivity index (χ0) is 20.6. The first-order valence-corrected chi connectivity index (χ1v) is 11.7. The van der Waals surface area contributed by atoms with Crippen molar-refractivity contribution in [3.05, 3.63) is 47.5 Å². The van der Waals surface area contributed by atoms with Crippen LogP contribution in [-0.2, 0) is 6.42 Å². The standard InChI is InChI=1S/C27H36F2/c1-3-5-24-18-26(28)25(27(29)19-24)17-16-23-14-12-22(13-15-23)11-10-21-8-6-20(4-2)7-9-21/h4,18-23H,2-3,5-15H2,1H3. The average molecular weight is 399 g/mol. The van der Waals surface area contributed by atoms with E-state index in [2.05, 4.69) is 24.5 Å². The van der Waals surface area contributed by atoms with Gasteiger partial charge >= 0.3 is 0 Å². The van der Waals surface area contributed by atoms with Gasteiger partial charge in [-0.25, -0.2) is 8.78 Å². The highest BCUT2D eigenvalue weighted by Gasteiger charge is 2.23. The normalized spacial score (nSPS) is 27.1. The third kappa shape index (κ3) is 6.43. The molecule has 0 aromatic heterocycles. The van der Waals surface area contributed by atoms with Crippen LogP contribution in [0, 0.1) is 47.1 Å². The van der Waals surface area contributed by atoms with Crippen molar-refractivity contribution in [2.24, 2.45) is 23.7 Å². The van der Waals surface area contributed by atoms with Crippen LogP contribution < -0.4 is 0 Å². The van der Waals surface area contributed by atoms with E-state index in [1.807, 2.05) is 6.92 Å². The first-order chi connectivity index (χ1) is 14.1. The molecule has 1 aromatic carbocycles. The Morgan fingerprint density at radius 1 is 0.931 bits per heavy atom. The fourth-order valence-electron chi connectivity index (χ4n) is 5.13. The van der Waals surface area contributed by atoms with Gasteiger partial charge < -0.3 is 0 Å². The monoisotopic (exact) mass is 398 g/mol. The third-order valence-corrected chi connectivity index (χ3v) is 7.10.